The van der Waals surface area contributed by atoms with Gasteiger partial charge in [-0.25, -0.2) is 0 Å². The lowest BCUT2D eigenvalue weighted by Gasteiger charge is -2.06. The first kappa shape index (κ1) is 15.2. The van der Waals surface area contributed by atoms with Gasteiger partial charge in [-0.15, -0.1) is 0 Å². The highest BCUT2D eigenvalue weighted by atomic mass is 16.4. The molecule has 1 rings (SSSR count). The third-order valence-corrected chi connectivity index (χ3v) is 2.76. The van der Waals surface area contributed by atoms with Crippen LogP contribution in [0.25, 0.3) is 0 Å². The number of hydrogen-bond acceptors (Lipinski definition) is 3. The third-order valence-electron chi connectivity index (χ3n) is 2.76. The number of carbonyl (C=O) groups excluding carboxylic acids is 1. The van der Waals surface area contributed by atoms with E-state index in [4.69, 9.17) is 10.8 Å². The number of rotatable bonds is 8. The molecule has 5 heteroatoms. The van der Waals surface area contributed by atoms with Crippen LogP contribution in [-0.2, 0) is 22.7 Å². The number of amides is 1. The Kier molecular flexibility index (Phi) is 6.60. The predicted octanol–water partition coefficient (Wildman–Crippen LogP) is 1.41. The standard InChI is InChI=1S/C14H20N2O3/c15-9-11-4-3-5-12(8-11)10-16-13(17)6-1-2-7-14(18)19/h3-5,8H,1-2,6-7,9-10,15H2,(H,16,17)(H,18,19). The fraction of sp³-hybridized carbons (Fsp3) is 0.429. The molecule has 0 aliphatic rings. The van der Waals surface area contributed by atoms with Gasteiger partial charge in [0.1, 0.15) is 0 Å². The lowest BCUT2D eigenvalue weighted by atomic mass is 10.1. The van der Waals surface area contributed by atoms with E-state index in [0.29, 0.717) is 32.4 Å². The smallest absolute Gasteiger partial charge is 0.303 e. The van der Waals surface area contributed by atoms with Crippen LogP contribution >= 0.6 is 0 Å². The van der Waals surface area contributed by atoms with E-state index in [1.165, 1.54) is 0 Å². The Morgan fingerprint density at radius 2 is 1.84 bits per heavy atom. The number of hydrogen-bond donors (Lipinski definition) is 3. The number of carbonyl (C=O) groups is 2. The van der Waals surface area contributed by atoms with Crippen LogP contribution in [0.3, 0.4) is 0 Å². The largest absolute Gasteiger partial charge is 0.481 e. The summed E-state index contributed by atoms with van der Waals surface area (Å²) in [6.45, 7) is 0.961. The number of carboxylic acid groups (broad SMARTS) is 1. The highest BCUT2D eigenvalue weighted by molar-refractivity contribution is 5.75. The van der Waals surface area contributed by atoms with E-state index in [2.05, 4.69) is 5.32 Å². The molecule has 1 amide bonds. The van der Waals surface area contributed by atoms with Crippen molar-refractivity contribution in [2.75, 3.05) is 0 Å². The summed E-state index contributed by atoms with van der Waals surface area (Å²) in [7, 11) is 0. The lowest BCUT2D eigenvalue weighted by molar-refractivity contribution is -0.137. The number of nitrogens with one attached hydrogen (secondary N) is 1. The molecule has 0 fully saturated rings. The number of nitrogens with two attached hydrogens (primary N) is 1. The van der Waals surface area contributed by atoms with Crippen molar-refractivity contribution in [3.05, 3.63) is 35.4 Å². The third kappa shape index (κ3) is 6.57. The van der Waals surface area contributed by atoms with Gasteiger partial charge in [-0.2, -0.15) is 0 Å². The Balaban J connectivity index is 2.24. The van der Waals surface area contributed by atoms with E-state index in [-0.39, 0.29) is 12.3 Å². The Labute approximate surface area is 112 Å². The summed E-state index contributed by atoms with van der Waals surface area (Å²) >= 11 is 0. The van der Waals surface area contributed by atoms with Gasteiger partial charge >= 0.3 is 5.97 Å². The maximum Gasteiger partial charge on any atom is 0.303 e. The molecular weight excluding hydrogens is 244 g/mol. The molecule has 1 aromatic rings. The molecule has 19 heavy (non-hydrogen) atoms. The molecule has 1 aromatic carbocycles. The summed E-state index contributed by atoms with van der Waals surface area (Å²) in [5.74, 6) is -0.873. The fourth-order valence-corrected chi connectivity index (χ4v) is 1.72. The van der Waals surface area contributed by atoms with Crippen LogP contribution in [0.5, 0.6) is 0 Å². The van der Waals surface area contributed by atoms with Crippen molar-refractivity contribution in [2.24, 2.45) is 5.73 Å². The van der Waals surface area contributed by atoms with Crippen LogP contribution in [0.4, 0.5) is 0 Å². The quantitative estimate of drug-likeness (QED) is 0.619. The van der Waals surface area contributed by atoms with Gasteiger partial charge in [-0.05, 0) is 24.0 Å². The summed E-state index contributed by atoms with van der Waals surface area (Å²) in [6, 6.07) is 7.75. The lowest BCUT2D eigenvalue weighted by Crippen LogP contribution is -2.22. The minimum atomic E-state index is -0.820. The fourth-order valence-electron chi connectivity index (χ4n) is 1.72. The van der Waals surface area contributed by atoms with E-state index in [9.17, 15) is 9.59 Å². The summed E-state index contributed by atoms with van der Waals surface area (Å²) in [6.07, 6.45) is 1.61. The minimum Gasteiger partial charge on any atom is -0.481 e. The molecule has 0 saturated carbocycles. The Morgan fingerprint density at radius 1 is 1.16 bits per heavy atom. The average Bonchev–Trinajstić information content (AvgIpc) is 2.41. The van der Waals surface area contributed by atoms with Crippen LogP contribution in [0.2, 0.25) is 0 Å². The van der Waals surface area contributed by atoms with Crippen molar-refractivity contribution in [3.8, 4) is 0 Å². The number of benzene rings is 1. The number of unbranched alkanes of at least 4 members (excludes halogenated alkanes) is 1. The molecule has 0 saturated heterocycles. The molecule has 0 spiro atoms. The summed E-state index contributed by atoms with van der Waals surface area (Å²) in [5, 5.41) is 11.3. The first-order chi connectivity index (χ1) is 9.11. The maximum atomic E-state index is 11.5. The van der Waals surface area contributed by atoms with Crippen LogP contribution in [0.1, 0.15) is 36.8 Å². The molecule has 0 aromatic heterocycles. The molecule has 104 valence electrons. The van der Waals surface area contributed by atoms with E-state index in [1.54, 1.807) is 0 Å². The molecule has 0 atom stereocenters. The first-order valence-electron chi connectivity index (χ1n) is 6.38. The zero-order valence-corrected chi connectivity index (χ0v) is 10.9. The van der Waals surface area contributed by atoms with Crippen LogP contribution in [0, 0.1) is 0 Å². The minimum absolute atomic E-state index is 0.0523. The van der Waals surface area contributed by atoms with Crippen molar-refractivity contribution < 1.29 is 14.7 Å². The highest BCUT2D eigenvalue weighted by Crippen LogP contribution is 2.05. The van der Waals surface area contributed by atoms with Crippen molar-refractivity contribution in [1.29, 1.82) is 0 Å². The second-order valence-corrected chi connectivity index (χ2v) is 4.40. The molecule has 0 aliphatic heterocycles. The van der Waals surface area contributed by atoms with E-state index >= 15 is 0 Å². The molecular formula is C14H20N2O3. The van der Waals surface area contributed by atoms with Crippen LogP contribution in [-0.4, -0.2) is 17.0 Å². The zero-order chi connectivity index (χ0) is 14.1. The average molecular weight is 264 g/mol. The van der Waals surface area contributed by atoms with Gasteiger partial charge in [0.15, 0.2) is 0 Å². The van der Waals surface area contributed by atoms with Crippen molar-refractivity contribution in [1.82, 2.24) is 5.32 Å². The van der Waals surface area contributed by atoms with Gasteiger partial charge in [0, 0.05) is 25.9 Å². The van der Waals surface area contributed by atoms with E-state index < -0.39 is 5.97 Å². The molecule has 0 radical (unpaired) electrons. The SMILES string of the molecule is NCc1cccc(CNC(=O)CCCCC(=O)O)c1. The first-order valence-corrected chi connectivity index (χ1v) is 6.38. The molecule has 0 heterocycles. The highest BCUT2D eigenvalue weighted by Gasteiger charge is 2.03. The van der Waals surface area contributed by atoms with Gasteiger partial charge in [-0.1, -0.05) is 24.3 Å². The maximum absolute atomic E-state index is 11.5. The molecule has 0 aliphatic carbocycles. The van der Waals surface area contributed by atoms with Crippen molar-refractivity contribution in [3.63, 3.8) is 0 Å². The van der Waals surface area contributed by atoms with E-state index in [0.717, 1.165) is 11.1 Å². The number of aliphatic carboxylic acids is 1. The molecule has 5 nitrogen and oxygen atoms in total. The van der Waals surface area contributed by atoms with Gasteiger partial charge < -0.3 is 16.2 Å². The van der Waals surface area contributed by atoms with Gasteiger partial charge in [-0.3, -0.25) is 9.59 Å². The predicted molar refractivity (Wildman–Crippen MR) is 72.3 cm³/mol. The topological polar surface area (TPSA) is 92.4 Å². The second kappa shape index (κ2) is 8.26. The van der Waals surface area contributed by atoms with Gasteiger partial charge in [0.25, 0.3) is 0 Å². The van der Waals surface area contributed by atoms with Crippen LogP contribution < -0.4 is 11.1 Å². The molecule has 4 N–H and O–H groups in total. The van der Waals surface area contributed by atoms with Gasteiger partial charge in [0.2, 0.25) is 5.91 Å². The van der Waals surface area contributed by atoms with Crippen molar-refractivity contribution in [2.45, 2.75) is 38.8 Å². The number of carboxylic acids is 1. The zero-order valence-electron chi connectivity index (χ0n) is 10.9. The Morgan fingerprint density at radius 3 is 2.53 bits per heavy atom. The molecule has 0 bridgehead atoms. The normalized spacial score (nSPS) is 10.2. The van der Waals surface area contributed by atoms with Crippen molar-refractivity contribution >= 4 is 11.9 Å². The van der Waals surface area contributed by atoms with Crippen LogP contribution in [0.15, 0.2) is 24.3 Å². The Hall–Kier alpha value is -1.88. The molecule has 0 unspecified atom stereocenters. The summed E-state index contributed by atoms with van der Waals surface area (Å²) in [5.41, 5.74) is 7.60. The monoisotopic (exact) mass is 264 g/mol. The second-order valence-electron chi connectivity index (χ2n) is 4.40. The van der Waals surface area contributed by atoms with E-state index in [1.807, 2.05) is 24.3 Å². The van der Waals surface area contributed by atoms with Gasteiger partial charge in [0.05, 0.1) is 0 Å². The summed E-state index contributed by atoms with van der Waals surface area (Å²) < 4.78 is 0. The Bertz CT molecular complexity index is 432. The summed E-state index contributed by atoms with van der Waals surface area (Å²) in [4.78, 5) is 21.8.